The Labute approximate surface area is 137 Å². The van der Waals surface area contributed by atoms with Gasteiger partial charge in [0.25, 0.3) is 5.91 Å². The van der Waals surface area contributed by atoms with Crippen molar-refractivity contribution in [2.45, 2.75) is 26.1 Å². The number of carbonyl (C=O) groups excluding carboxylic acids is 1. The number of hydrogen-bond donors (Lipinski definition) is 0. The number of carbonyl (C=O) groups is 1. The van der Waals surface area contributed by atoms with Crippen molar-refractivity contribution < 1.29 is 18.7 Å². The van der Waals surface area contributed by atoms with E-state index in [1.807, 2.05) is 24.8 Å². The van der Waals surface area contributed by atoms with Crippen LogP contribution in [0, 0.1) is 0 Å². The van der Waals surface area contributed by atoms with Crippen molar-refractivity contribution >= 4 is 32.8 Å². The van der Waals surface area contributed by atoms with Crippen molar-refractivity contribution in [3.8, 4) is 5.75 Å². The van der Waals surface area contributed by atoms with Crippen LogP contribution < -0.4 is 4.74 Å². The Bertz CT molecular complexity index is 701. The number of hydrogen-bond acceptors (Lipinski definition) is 4. The standard InChI is InChI=1S/C16H18BrNO4/c1-9-7-18(8-10(2)21-9)16(19)11-4-13(20-3)12-6-15(17)22-14(12)5-11/h4-6,9-10H,7-8H2,1-3H3. The second kappa shape index (κ2) is 5.93. The molecule has 0 aliphatic carbocycles. The molecule has 2 unspecified atom stereocenters. The fourth-order valence-corrected chi connectivity index (χ4v) is 3.30. The summed E-state index contributed by atoms with van der Waals surface area (Å²) in [7, 11) is 1.59. The summed E-state index contributed by atoms with van der Waals surface area (Å²) in [5.41, 5.74) is 1.19. The predicted octanol–water partition coefficient (Wildman–Crippen LogP) is 3.45. The van der Waals surface area contributed by atoms with Gasteiger partial charge in [0.1, 0.15) is 11.3 Å². The molecule has 0 saturated carbocycles. The minimum Gasteiger partial charge on any atom is -0.496 e. The summed E-state index contributed by atoms with van der Waals surface area (Å²) in [4.78, 5) is 14.6. The lowest BCUT2D eigenvalue weighted by molar-refractivity contribution is -0.0586. The Morgan fingerprint density at radius 1 is 1.27 bits per heavy atom. The van der Waals surface area contributed by atoms with Gasteiger partial charge in [0.15, 0.2) is 4.67 Å². The first kappa shape index (κ1) is 15.4. The molecule has 118 valence electrons. The zero-order valence-electron chi connectivity index (χ0n) is 12.8. The monoisotopic (exact) mass is 367 g/mol. The predicted molar refractivity (Wildman–Crippen MR) is 86.4 cm³/mol. The number of amides is 1. The summed E-state index contributed by atoms with van der Waals surface area (Å²) >= 11 is 3.31. The minimum atomic E-state index is -0.0327. The van der Waals surface area contributed by atoms with Crippen LogP contribution in [0.25, 0.3) is 11.0 Å². The van der Waals surface area contributed by atoms with Gasteiger partial charge in [-0.05, 0) is 41.9 Å². The van der Waals surface area contributed by atoms with Crippen molar-refractivity contribution in [2.75, 3.05) is 20.2 Å². The van der Waals surface area contributed by atoms with E-state index in [0.29, 0.717) is 34.7 Å². The van der Waals surface area contributed by atoms with Crippen LogP contribution in [-0.2, 0) is 4.74 Å². The van der Waals surface area contributed by atoms with Gasteiger partial charge in [-0.25, -0.2) is 0 Å². The lowest BCUT2D eigenvalue weighted by Gasteiger charge is -2.35. The smallest absolute Gasteiger partial charge is 0.254 e. The minimum absolute atomic E-state index is 0.0327. The van der Waals surface area contributed by atoms with Gasteiger partial charge in [-0.1, -0.05) is 0 Å². The summed E-state index contributed by atoms with van der Waals surface area (Å²) in [6.07, 6.45) is 0.0761. The topological polar surface area (TPSA) is 51.9 Å². The molecular formula is C16H18BrNO4. The maximum absolute atomic E-state index is 12.8. The molecule has 1 saturated heterocycles. The Morgan fingerprint density at radius 3 is 2.59 bits per heavy atom. The van der Waals surface area contributed by atoms with E-state index in [1.54, 1.807) is 19.2 Å². The van der Waals surface area contributed by atoms with Crippen molar-refractivity contribution in [1.29, 1.82) is 0 Å². The van der Waals surface area contributed by atoms with Gasteiger partial charge in [0.2, 0.25) is 0 Å². The SMILES string of the molecule is COc1cc(C(=O)N2CC(C)OC(C)C2)cc2oc(Br)cc12. The second-order valence-corrected chi connectivity index (χ2v) is 6.39. The molecular weight excluding hydrogens is 350 g/mol. The molecule has 1 aromatic heterocycles. The zero-order chi connectivity index (χ0) is 15.9. The molecule has 3 rings (SSSR count). The normalized spacial score (nSPS) is 22.1. The highest BCUT2D eigenvalue weighted by Gasteiger charge is 2.27. The van der Waals surface area contributed by atoms with E-state index in [1.165, 1.54) is 0 Å². The van der Waals surface area contributed by atoms with Crippen LogP contribution in [0.1, 0.15) is 24.2 Å². The Kier molecular flexibility index (Phi) is 4.14. The van der Waals surface area contributed by atoms with Crippen LogP contribution in [0.3, 0.4) is 0 Å². The molecule has 1 amide bonds. The Balaban J connectivity index is 1.96. The first-order valence-electron chi connectivity index (χ1n) is 7.19. The highest BCUT2D eigenvalue weighted by Crippen LogP contribution is 2.33. The van der Waals surface area contributed by atoms with E-state index < -0.39 is 0 Å². The first-order chi connectivity index (χ1) is 10.5. The molecule has 2 atom stereocenters. The molecule has 6 heteroatoms. The highest BCUT2D eigenvalue weighted by atomic mass is 79.9. The molecule has 2 aromatic rings. The summed E-state index contributed by atoms with van der Waals surface area (Å²) in [5.74, 6) is 0.597. The molecule has 5 nitrogen and oxygen atoms in total. The van der Waals surface area contributed by atoms with Crippen LogP contribution in [0.5, 0.6) is 5.75 Å². The third-order valence-electron chi connectivity index (χ3n) is 3.74. The van der Waals surface area contributed by atoms with Crippen molar-refractivity contribution in [3.05, 3.63) is 28.4 Å². The second-order valence-electron chi connectivity index (χ2n) is 5.61. The quantitative estimate of drug-likeness (QED) is 0.815. The van der Waals surface area contributed by atoms with E-state index >= 15 is 0 Å². The average Bonchev–Trinajstić information content (AvgIpc) is 2.84. The van der Waals surface area contributed by atoms with Crippen molar-refractivity contribution in [2.24, 2.45) is 0 Å². The van der Waals surface area contributed by atoms with E-state index in [2.05, 4.69) is 15.9 Å². The average molecular weight is 368 g/mol. The largest absolute Gasteiger partial charge is 0.496 e. The van der Waals surface area contributed by atoms with Gasteiger partial charge in [-0.2, -0.15) is 0 Å². The Morgan fingerprint density at radius 2 is 1.95 bits per heavy atom. The molecule has 0 spiro atoms. The van der Waals surface area contributed by atoms with Crippen molar-refractivity contribution in [1.82, 2.24) is 4.90 Å². The van der Waals surface area contributed by atoms with Crippen LogP contribution in [0.2, 0.25) is 0 Å². The van der Waals surface area contributed by atoms with Crippen molar-refractivity contribution in [3.63, 3.8) is 0 Å². The van der Waals surface area contributed by atoms with Crippen LogP contribution in [0.15, 0.2) is 27.3 Å². The lowest BCUT2D eigenvalue weighted by atomic mass is 10.1. The number of morpholine rings is 1. The molecule has 0 N–H and O–H groups in total. The highest BCUT2D eigenvalue weighted by molar-refractivity contribution is 9.10. The molecule has 1 aromatic carbocycles. The van der Waals surface area contributed by atoms with Gasteiger partial charge in [0, 0.05) is 24.7 Å². The molecule has 1 aliphatic rings. The fourth-order valence-electron chi connectivity index (χ4n) is 2.89. The molecule has 2 heterocycles. The number of ether oxygens (including phenoxy) is 2. The van der Waals surface area contributed by atoms with Crippen LogP contribution in [-0.4, -0.2) is 43.2 Å². The third kappa shape index (κ3) is 2.85. The number of fused-ring (bicyclic) bond motifs is 1. The first-order valence-corrected chi connectivity index (χ1v) is 7.99. The zero-order valence-corrected chi connectivity index (χ0v) is 14.3. The number of benzene rings is 1. The molecule has 0 bridgehead atoms. The lowest BCUT2D eigenvalue weighted by Crippen LogP contribution is -2.48. The van der Waals surface area contributed by atoms with Gasteiger partial charge in [-0.15, -0.1) is 0 Å². The number of rotatable bonds is 2. The Hall–Kier alpha value is -1.53. The summed E-state index contributed by atoms with van der Waals surface area (Å²) in [5, 5.41) is 0.842. The molecule has 22 heavy (non-hydrogen) atoms. The van der Waals surface area contributed by atoms with E-state index in [0.717, 1.165) is 5.39 Å². The van der Waals surface area contributed by atoms with Crippen LogP contribution >= 0.6 is 15.9 Å². The molecule has 1 aliphatic heterocycles. The third-order valence-corrected chi connectivity index (χ3v) is 4.13. The summed E-state index contributed by atoms with van der Waals surface area (Å²) < 4.78 is 17.2. The fraction of sp³-hybridized carbons (Fsp3) is 0.438. The van der Waals surface area contributed by atoms with Gasteiger partial charge in [-0.3, -0.25) is 4.79 Å². The van der Waals surface area contributed by atoms with E-state index in [4.69, 9.17) is 13.9 Å². The number of furan rings is 1. The van der Waals surface area contributed by atoms with Gasteiger partial charge < -0.3 is 18.8 Å². The van der Waals surface area contributed by atoms with E-state index in [9.17, 15) is 4.79 Å². The maximum Gasteiger partial charge on any atom is 0.254 e. The number of methoxy groups -OCH3 is 1. The van der Waals surface area contributed by atoms with Crippen LogP contribution in [0.4, 0.5) is 0 Å². The van der Waals surface area contributed by atoms with Gasteiger partial charge in [0.05, 0.1) is 24.7 Å². The molecule has 0 radical (unpaired) electrons. The van der Waals surface area contributed by atoms with Gasteiger partial charge >= 0.3 is 0 Å². The number of nitrogens with zero attached hydrogens (tertiary/aromatic N) is 1. The summed E-state index contributed by atoms with van der Waals surface area (Å²) in [6.45, 7) is 5.13. The van der Waals surface area contributed by atoms with E-state index in [-0.39, 0.29) is 18.1 Å². The summed E-state index contributed by atoms with van der Waals surface area (Å²) in [6, 6.07) is 5.36. The number of halogens is 1. The molecule has 1 fully saturated rings. The maximum atomic E-state index is 12.8.